The molecule has 11 heteroatoms. The molecule has 4 atom stereocenters. The molecular formula is C17H17ClFN5O4. The van der Waals surface area contributed by atoms with Crippen LogP contribution < -0.4 is 11.4 Å². The van der Waals surface area contributed by atoms with Crippen LogP contribution in [0.2, 0.25) is 5.02 Å². The number of hydrogen-bond donors (Lipinski definition) is 3. The Labute approximate surface area is 162 Å². The molecule has 28 heavy (non-hydrogen) atoms. The van der Waals surface area contributed by atoms with Crippen LogP contribution in [0.3, 0.4) is 0 Å². The van der Waals surface area contributed by atoms with Crippen LogP contribution in [0.4, 0.5) is 10.3 Å². The minimum Gasteiger partial charge on any atom is -0.394 e. The van der Waals surface area contributed by atoms with E-state index in [0.717, 1.165) is 10.1 Å². The smallest absolute Gasteiger partial charge is 0.332 e. The lowest BCUT2D eigenvalue weighted by atomic mass is 10.1. The van der Waals surface area contributed by atoms with Crippen molar-refractivity contribution in [2.24, 2.45) is 0 Å². The second-order valence-corrected chi connectivity index (χ2v) is 6.92. The summed E-state index contributed by atoms with van der Waals surface area (Å²) in [6.45, 7) is -0.470. The summed E-state index contributed by atoms with van der Waals surface area (Å²) in [5.41, 5.74) is 6.30. The number of nitrogens with zero attached hydrogens (tertiary/aromatic N) is 4. The third-order valence-corrected chi connectivity index (χ3v) is 4.95. The Morgan fingerprint density at radius 1 is 1.32 bits per heavy atom. The van der Waals surface area contributed by atoms with E-state index >= 15 is 0 Å². The van der Waals surface area contributed by atoms with Gasteiger partial charge >= 0.3 is 5.69 Å². The number of alkyl halides is 1. The van der Waals surface area contributed by atoms with Crippen molar-refractivity contribution in [2.45, 2.75) is 31.2 Å². The van der Waals surface area contributed by atoms with E-state index < -0.39 is 36.9 Å². The average Bonchev–Trinajstić information content (AvgIpc) is 3.10. The van der Waals surface area contributed by atoms with E-state index in [1.165, 1.54) is 10.8 Å². The third kappa shape index (κ3) is 3.04. The average molecular weight is 410 g/mol. The summed E-state index contributed by atoms with van der Waals surface area (Å²) in [7, 11) is 0. The molecule has 0 spiro atoms. The summed E-state index contributed by atoms with van der Waals surface area (Å²) >= 11 is 5.90. The molecule has 1 fully saturated rings. The lowest BCUT2D eigenvalue weighted by Crippen LogP contribution is -2.34. The van der Waals surface area contributed by atoms with Crippen molar-refractivity contribution in [1.82, 2.24) is 19.1 Å². The summed E-state index contributed by atoms with van der Waals surface area (Å²) < 4.78 is 22.0. The zero-order valence-electron chi connectivity index (χ0n) is 14.4. The first-order valence-corrected chi connectivity index (χ1v) is 8.84. The fourth-order valence-corrected chi connectivity index (χ4v) is 3.42. The molecule has 1 saturated heterocycles. The number of ether oxygens (including phenoxy) is 1. The summed E-state index contributed by atoms with van der Waals surface area (Å²) in [6, 6.07) is 6.91. The lowest BCUT2D eigenvalue weighted by Gasteiger charge is -2.15. The van der Waals surface area contributed by atoms with Gasteiger partial charge in [0.25, 0.3) is 0 Å². The van der Waals surface area contributed by atoms with Crippen molar-refractivity contribution >= 4 is 28.7 Å². The van der Waals surface area contributed by atoms with Crippen LogP contribution in [-0.4, -0.2) is 54.3 Å². The van der Waals surface area contributed by atoms with Gasteiger partial charge in [0, 0.05) is 5.02 Å². The van der Waals surface area contributed by atoms with Gasteiger partial charge in [0.2, 0.25) is 5.95 Å². The molecule has 1 aliphatic rings. The number of aromatic nitrogens is 4. The number of aliphatic hydroxyl groups is 2. The van der Waals surface area contributed by atoms with Crippen molar-refractivity contribution in [3.8, 4) is 0 Å². The van der Waals surface area contributed by atoms with Crippen molar-refractivity contribution in [1.29, 1.82) is 0 Å². The zero-order chi connectivity index (χ0) is 20.0. The number of nitrogens with two attached hydrogens (primary N) is 1. The Balaban J connectivity index is 1.85. The molecule has 3 aromatic rings. The maximum atomic E-state index is 14.2. The molecule has 4 rings (SSSR count). The monoisotopic (exact) mass is 409 g/mol. The molecule has 1 aliphatic heterocycles. The van der Waals surface area contributed by atoms with Crippen molar-refractivity contribution in [3.63, 3.8) is 0 Å². The topological polar surface area (TPSA) is 128 Å². The van der Waals surface area contributed by atoms with E-state index in [0.29, 0.717) is 10.5 Å². The SMILES string of the molecule is Nc1ncc2c(n1)n([C@@H]1O[C@H](CO)[C@@H](F)[C@H]1O)c(=O)n2Cc1ccc(Cl)cc1. The van der Waals surface area contributed by atoms with Gasteiger partial charge in [-0.25, -0.2) is 18.7 Å². The number of rotatable bonds is 4. The van der Waals surface area contributed by atoms with Crippen molar-refractivity contribution < 1.29 is 19.3 Å². The Morgan fingerprint density at radius 2 is 2.04 bits per heavy atom. The Morgan fingerprint density at radius 3 is 2.68 bits per heavy atom. The molecule has 148 valence electrons. The van der Waals surface area contributed by atoms with E-state index in [9.17, 15) is 19.4 Å². The molecule has 0 bridgehead atoms. The van der Waals surface area contributed by atoms with Gasteiger partial charge in [0.05, 0.1) is 19.3 Å². The standard InChI is InChI=1S/C17H17ClFN5O4/c18-9-3-1-8(2-4-9)6-23-10-5-21-16(20)22-14(10)24(17(23)27)15-13(26)12(19)11(7-25)28-15/h1-5,11-13,15,25-26H,6-7H2,(H2,20,21,22)/t11-,12-,13-,15-/m1/s1. The van der Waals surface area contributed by atoms with E-state index in [2.05, 4.69) is 9.97 Å². The summed E-state index contributed by atoms with van der Waals surface area (Å²) in [5.74, 6) is -0.0899. The van der Waals surface area contributed by atoms with Gasteiger partial charge in [-0.1, -0.05) is 23.7 Å². The molecule has 0 saturated carbocycles. The second kappa shape index (κ2) is 7.13. The number of halogens is 2. The molecular weight excluding hydrogens is 393 g/mol. The van der Waals surface area contributed by atoms with E-state index in [4.69, 9.17) is 22.1 Å². The minimum absolute atomic E-state index is 0.0899. The number of anilines is 1. The first-order chi connectivity index (χ1) is 13.4. The zero-order valence-corrected chi connectivity index (χ0v) is 15.2. The fourth-order valence-electron chi connectivity index (χ4n) is 3.29. The number of fused-ring (bicyclic) bond motifs is 1. The Bertz CT molecular complexity index is 1070. The van der Waals surface area contributed by atoms with Gasteiger partial charge in [-0.15, -0.1) is 0 Å². The number of aliphatic hydroxyl groups excluding tert-OH is 2. The van der Waals surface area contributed by atoms with Gasteiger partial charge in [0.15, 0.2) is 18.0 Å². The van der Waals surface area contributed by atoms with Gasteiger partial charge < -0.3 is 20.7 Å². The van der Waals surface area contributed by atoms with Crippen LogP contribution in [0.5, 0.6) is 0 Å². The number of nitrogen functional groups attached to an aromatic ring is 1. The quantitative estimate of drug-likeness (QED) is 0.571. The maximum Gasteiger partial charge on any atom is 0.332 e. The molecule has 3 heterocycles. The highest BCUT2D eigenvalue weighted by atomic mass is 35.5. The Hall–Kier alpha value is -2.53. The molecule has 0 aliphatic carbocycles. The summed E-state index contributed by atoms with van der Waals surface area (Å²) in [5, 5.41) is 20.0. The maximum absolute atomic E-state index is 14.2. The molecule has 4 N–H and O–H groups in total. The first-order valence-electron chi connectivity index (χ1n) is 8.47. The lowest BCUT2D eigenvalue weighted by molar-refractivity contribution is -0.0513. The van der Waals surface area contributed by atoms with Crippen LogP contribution >= 0.6 is 11.6 Å². The predicted octanol–water partition coefficient (Wildman–Crippen LogP) is 0.466. The van der Waals surface area contributed by atoms with E-state index in [-0.39, 0.29) is 18.1 Å². The third-order valence-electron chi connectivity index (χ3n) is 4.70. The summed E-state index contributed by atoms with van der Waals surface area (Å²) in [4.78, 5) is 21.1. The van der Waals surface area contributed by atoms with Crippen LogP contribution in [0, 0.1) is 0 Å². The molecule has 0 unspecified atom stereocenters. The van der Waals surface area contributed by atoms with Gasteiger partial charge in [0.1, 0.15) is 17.7 Å². The van der Waals surface area contributed by atoms with Crippen LogP contribution in [0.1, 0.15) is 11.8 Å². The van der Waals surface area contributed by atoms with Crippen LogP contribution in [0.15, 0.2) is 35.3 Å². The molecule has 1 aromatic carbocycles. The first kappa shape index (κ1) is 18.8. The number of imidazole rings is 1. The van der Waals surface area contributed by atoms with Gasteiger partial charge in [-0.2, -0.15) is 4.98 Å². The molecule has 2 aromatic heterocycles. The van der Waals surface area contributed by atoms with Gasteiger partial charge in [-0.05, 0) is 17.7 Å². The number of hydrogen-bond acceptors (Lipinski definition) is 7. The van der Waals surface area contributed by atoms with Crippen molar-refractivity contribution in [3.05, 3.63) is 51.5 Å². The highest BCUT2D eigenvalue weighted by Gasteiger charge is 2.46. The minimum atomic E-state index is -1.85. The van der Waals surface area contributed by atoms with Gasteiger partial charge in [-0.3, -0.25) is 4.57 Å². The highest BCUT2D eigenvalue weighted by molar-refractivity contribution is 6.30. The van der Waals surface area contributed by atoms with Crippen LogP contribution in [-0.2, 0) is 11.3 Å². The molecule has 0 radical (unpaired) electrons. The largest absolute Gasteiger partial charge is 0.394 e. The van der Waals surface area contributed by atoms with Crippen molar-refractivity contribution in [2.75, 3.05) is 12.3 Å². The number of benzene rings is 1. The normalized spacial score (nSPS) is 24.9. The summed E-state index contributed by atoms with van der Waals surface area (Å²) in [6.07, 6.45) is -4.73. The van der Waals surface area contributed by atoms with E-state index in [1.807, 2.05) is 0 Å². The second-order valence-electron chi connectivity index (χ2n) is 6.48. The Kier molecular flexibility index (Phi) is 4.79. The highest BCUT2D eigenvalue weighted by Crippen LogP contribution is 2.32. The predicted molar refractivity (Wildman–Crippen MR) is 98.7 cm³/mol. The molecule has 9 nitrogen and oxygen atoms in total. The fraction of sp³-hybridized carbons (Fsp3) is 0.353. The van der Waals surface area contributed by atoms with E-state index in [1.54, 1.807) is 24.3 Å². The van der Waals surface area contributed by atoms with Crippen LogP contribution in [0.25, 0.3) is 11.2 Å². The molecule has 0 amide bonds.